The van der Waals surface area contributed by atoms with Crippen LogP contribution in [0.2, 0.25) is 0 Å². The van der Waals surface area contributed by atoms with Crippen molar-refractivity contribution in [2.24, 2.45) is 40.4 Å². The lowest BCUT2D eigenvalue weighted by Crippen LogP contribution is -2.63. The van der Waals surface area contributed by atoms with Crippen molar-refractivity contribution in [3.05, 3.63) is 23.3 Å². The average molecular weight is 779 g/mol. The van der Waals surface area contributed by atoms with Gasteiger partial charge in [-0.1, -0.05) is 19.4 Å². The van der Waals surface area contributed by atoms with E-state index in [1.54, 1.807) is 12.2 Å². The van der Waals surface area contributed by atoms with Crippen molar-refractivity contribution in [3.8, 4) is 0 Å². The van der Waals surface area contributed by atoms with Gasteiger partial charge in [-0.05, 0) is 100 Å². The van der Waals surface area contributed by atoms with Crippen molar-refractivity contribution in [3.63, 3.8) is 0 Å². The van der Waals surface area contributed by atoms with E-state index in [4.69, 9.17) is 28.4 Å². The van der Waals surface area contributed by atoms with Crippen molar-refractivity contribution in [1.29, 1.82) is 0 Å². The lowest BCUT2D eigenvalue weighted by Gasteiger charge is -2.58. The number of hydrogen-bond donors (Lipinski definition) is 7. The van der Waals surface area contributed by atoms with Crippen LogP contribution in [0.1, 0.15) is 73.1 Å². The SMILES string of the molecule is CC1=C(CO[C@@H]2O[C@H](CO[C@@H]3O[C@@H](C)[C@H](O)[C@@H](O)[C@H]3O)[C@@H](O)[C@H](O)[C@H]2O)C(=O)O[C@@H]([C@@H](C)[C@H]2CC[C@H]3[C@@H]4C[C@H]5O[C@]56[C@@H](O)C=CC(=O)[C@]6(C)[C@H]4CC[C@]23C)C1. The first-order valence-corrected chi connectivity index (χ1v) is 20.1. The van der Waals surface area contributed by atoms with E-state index in [0.29, 0.717) is 24.2 Å². The van der Waals surface area contributed by atoms with E-state index in [2.05, 4.69) is 13.8 Å². The normalized spacial score (nSPS) is 53.9. The third-order valence-corrected chi connectivity index (χ3v) is 15.7. The van der Waals surface area contributed by atoms with Crippen LogP contribution in [0.3, 0.4) is 0 Å². The third kappa shape index (κ3) is 5.97. The van der Waals surface area contributed by atoms with Gasteiger partial charge in [0.15, 0.2) is 18.4 Å². The zero-order valence-electron chi connectivity index (χ0n) is 32.1. The second-order valence-electron chi connectivity index (χ2n) is 18.2. The smallest absolute Gasteiger partial charge is 0.336 e. The summed E-state index contributed by atoms with van der Waals surface area (Å²) >= 11 is 0. The fourth-order valence-corrected chi connectivity index (χ4v) is 12.4. The fourth-order valence-electron chi connectivity index (χ4n) is 12.4. The predicted octanol–water partition coefficient (Wildman–Crippen LogP) is 0.0289. The number of aliphatic hydroxyl groups excluding tert-OH is 7. The molecule has 4 aliphatic heterocycles. The topological polar surface area (TPSA) is 234 Å². The number of esters is 1. The number of allylic oxidation sites excluding steroid dienone is 1. The Hall–Kier alpha value is -1.86. The molecule has 15 heteroatoms. The molecule has 4 heterocycles. The van der Waals surface area contributed by atoms with E-state index in [-0.39, 0.29) is 47.4 Å². The fraction of sp³-hybridized carbons (Fsp3) is 0.850. The van der Waals surface area contributed by atoms with Crippen molar-refractivity contribution < 1.29 is 73.8 Å². The molecule has 55 heavy (non-hydrogen) atoms. The van der Waals surface area contributed by atoms with Crippen LogP contribution in [0.15, 0.2) is 23.3 Å². The van der Waals surface area contributed by atoms with Crippen LogP contribution in [0.4, 0.5) is 0 Å². The monoisotopic (exact) mass is 778 g/mol. The minimum atomic E-state index is -1.69. The standard InChI is InChI=1S/C40H58O15/c1-16-12-24(17(2)21-6-7-22-19-13-28-40(55-28)27(42)9-8-26(41)39(40,5)23(19)10-11-38(21,22)4)53-35(49)20(16)14-50-37-34(48)32(46)30(44)25(54-37)15-51-36-33(47)31(45)29(43)18(3)52-36/h8-9,17-19,21-25,27-34,36-37,42-48H,6-7,10-15H2,1-5H3/t17-,18-,19-,21+,22-,23-,24+,25+,27-,28+,29-,30+,31+,32-,33+,34+,36+,37+,38+,39-,40+/m0/s1. The summed E-state index contributed by atoms with van der Waals surface area (Å²) in [5.74, 6) is 0.724. The average Bonchev–Trinajstić information content (AvgIpc) is 3.79. The molecule has 3 saturated heterocycles. The van der Waals surface area contributed by atoms with Gasteiger partial charge >= 0.3 is 5.97 Å². The molecular weight excluding hydrogens is 720 g/mol. The van der Waals surface area contributed by atoms with Gasteiger partial charge in [-0.25, -0.2) is 4.79 Å². The van der Waals surface area contributed by atoms with Crippen LogP contribution in [0.5, 0.6) is 0 Å². The number of rotatable bonds is 8. The highest BCUT2D eigenvalue weighted by Gasteiger charge is 2.80. The van der Waals surface area contributed by atoms with E-state index in [0.717, 1.165) is 37.7 Å². The van der Waals surface area contributed by atoms with Crippen molar-refractivity contribution >= 4 is 11.8 Å². The van der Waals surface area contributed by atoms with Crippen LogP contribution in [0.25, 0.3) is 0 Å². The summed E-state index contributed by atoms with van der Waals surface area (Å²) in [4.78, 5) is 27.1. The molecule has 0 radical (unpaired) electrons. The van der Waals surface area contributed by atoms with Gasteiger partial charge in [0.05, 0.1) is 36.4 Å². The molecule has 3 saturated carbocycles. The van der Waals surface area contributed by atoms with Crippen molar-refractivity contribution in [2.75, 3.05) is 13.2 Å². The molecule has 1 spiro atoms. The number of epoxide rings is 1. The maximum Gasteiger partial charge on any atom is 0.336 e. The van der Waals surface area contributed by atoms with Crippen molar-refractivity contribution in [2.45, 2.75) is 158 Å². The first-order valence-electron chi connectivity index (χ1n) is 20.1. The Morgan fingerprint density at radius 2 is 1.56 bits per heavy atom. The number of carbonyl (C=O) groups is 2. The number of fused-ring (bicyclic) bond motifs is 4. The summed E-state index contributed by atoms with van der Waals surface area (Å²) in [6.07, 6.45) is -7.23. The summed E-state index contributed by atoms with van der Waals surface area (Å²) in [7, 11) is 0. The Bertz CT molecular complexity index is 1580. The quantitative estimate of drug-likeness (QED) is 0.127. The molecule has 0 aromatic carbocycles. The Morgan fingerprint density at radius 1 is 0.873 bits per heavy atom. The summed E-state index contributed by atoms with van der Waals surface area (Å²) in [6.45, 7) is 9.20. The Labute approximate surface area is 320 Å². The highest BCUT2D eigenvalue weighted by molar-refractivity contribution is 5.98. The third-order valence-electron chi connectivity index (χ3n) is 15.7. The highest BCUT2D eigenvalue weighted by Crippen LogP contribution is 2.73. The maximum absolute atomic E-state index is 13.6. The van der Waals surface area contributed by atoms with Crippen LogP contribution in [-0.4, -0.2) is 146 Å². The molecule has 0 amide bonds. The number of carbonyl (C=O) groups excluding carboxylic acids is 2. The Kier molecular flexibility index (Phi) is 10.3. The molecule has 8 aliphatic rings. The van der Waals surface area contributed by atoms with Crippen LogP contribution in [-0.2, 0) is 38.0 Å². The predicted molar refractivity (Wildman–Crippen MR) is 188 cm³/mol. The van der Waals surface area contributed by atoms with E-state index < -0.39 is 91.1 Å². The second kappa shape index (κ2) is 14.2. The van der Waals surface area contributed by atoms with E-state index in [9.17, 15) is 45.3 Å². The molecule has 6 fully saturated rings. The molecule has 21 atom stereocenters. The summed E-state index contributed by atoms with van der Waals surface area (Å²) in [5.41, 5.74) is -0.492. The number of ether oxygens (including phenoxy) is 6. The molecule has 15 nitrogen and oxygen atoms in total. The van der Waals surface area contributed by atoms with Gasteiger partial charge in [-0.3, -0.25) is 4.79 Å². The van der Waals surface area contributed by atoms with Crippen LogP contribution < -0.4 is 0 Å². The van der Waals surface area contributed by atoms with Gasteiger partial charge < -0.3 is 64.2 Å². The molecule has 0 aromatic rings. The summed E-state index contributed by atoms with van der Waals surface area (Å²) in [5, 5.41) is 73.2. The maximum atomic E-state index is 13.6. The summed E-state index contributed by atoms with van der Waals surface area (Å²) in [6, 6.07) is 0. The Balaban J connectivity index is 0.895. The lowest BCUT2D eigenvalue weighted by molar-refractivity contribution is -0.327. The van der Waals surface area contributed by atoms with Crippen LogP contribution >= 0.6 is 0 Å². The van der Waals surface area contributed by atoms with E-state index in [1.165, 1.54) is 6.92 Å². The first-order chi connectivity index (χ1) is 25.9. The molecule has 7 N–H and O–H groups in total. The van der Waals surface area contributed by atoms with Gasteiger partial charge in [0.1, 0.15) is 60.5 Å². The minimum Gasteiger partial charge on any atom is -0.458 e. The van der Waals surface area contributed by atoms with Gasteiger partial charge in [0, 0.05) is 6.42 Å². The molecular formula is C40H58O15. The van der Waals surface area contributed by atoms with Gasteiger partial charge in [-0.2, -0.15) is 0 Å². The zero-order chi connectivity index (χ0) is 39.5. The van der Waals surface area contributed by atoms with E-state index >= 15 is 0 Å². The molecule has 8 rings (SSSR count). The van der Waals surface area contributed by atoms with E-state index in [1.807, 2.05) is 13.8 Å². The zero-order valence-corrected chi connectivity index (χ0v) is 32.1. The number of cyclic esters (lactones) is 1. The Morgan fingerprint density at radius 3 is 2.27 bits per heavy atom. The lowest BCUT2D eigenvalue weighted by atomic mass is 9.44. The molecule has 0 aromatic heterocycles. The number of aliphatic hydroxyl groups is 7. The van der Waals surface area contributed by atoms with Crippen LogP contribution in [0, 0.1) is 40.4 Å². The second-order valence-corrected chi connectivity index (χ2v) is 18.2. The van der Waals surface area contributed by atoms with Gasteiger partial charge in [0.25, 0.3) is 0 Å². The molecule has 0 bridgehead atoms. The first kappa shape index (κ1) is 39.9. The van der Waals surface area contributed by atoms with Crippen molar-refractivity contribution in [1.82, 2.24) is 0 Å². The summed E-state index contributed by atoms with van der Waals surface area (Å²) < 4.78 is 35.0. The molecule has 308 valence electrons. The number of ketones is 1. The minimum absolute atomic E-state index is 0.00790. The molecule has 0 unspecified atom stereocenters. The number of hydrogen-bond acceptors (Lipinski definition) is 15. The van der Waals surface area contributed by atoms with Gasteiger partial charge in [-0.15, -0.1) is 0 Å². The molecule has 4 aliphatic carbocycles. The largest absolute Gasteiger partial charge is 0.458 e. The van der Waals surface area contributed by atoms with Gasteiger partial charge in [0.2, 0.25) is 0 Å². The highest BCUT2D eigenvalue weighted by atomic mass is 16.7.